The zero-order valence-corrected chi connectivity index (χ0v) is 21.3. The van der Waals surface area contributed by atoms with Crippen LogP contribution in [0.25, 0.3) is 0 Å². The van der Waals surface area contributed by atoms with Gasteiger partial charge >= 0.3 is 5.97 Å². The van der Waals surface area contributed by atoms with Crippen molar-refractivity contribution >= 4 is 12.3 Å². The summed E-state index contributed by atoms with van der Waals surface area (Å²) in [4.78, 5) is 20.1. The van der Waals surface area contributed by atoms with Crippen LogP contribution in [0.2, 0.25) is 0 Å². The molecule has 0 bridgehead atoms. The van der Waals surface area contributed by atoms with E-state index < -0.39 is 5.97 Å². The van der Waals surface area contributed by atoms with Crippen molar-refractivity contribution in [3.8, 4) is 0 Å². The molecular weight excluding hydrogens is 400 g/mol. The van der Waals surface area contributed by atoms with E-state index in [0.717, 1.165) is 19.1 Å². The summed E-state index contributed by atoms with van der Waals surface area (Å²) >= 11 is 0. The highest BCUT2D eigenvalue weighted by molar-refractivity contribution is 5.66. The summed E-state index contributed by atoms with van der Waals surface area (Å²) in [7, 11) is 1.50. The van der Waals surface area contributed by atoms with E-state index in [-0.39, 0.29) is 6.42 Å². The Morgan fingerprint density at radius 2 is 1.06 bits per heavy atom. The molecule has 0 spiro atoms. The monoisotopic (exact) mass is 454 g/mol. The zero-order valence-electron chi connectivity index (χ0n) is 21.3. The van der Waals surface area contributed by atoms with Crippen molar-refractivity contribution in [2.24, 2.45) is 11.5 Å². The second-order valence-electron chi connectivity index (χ2n) is 8.52. The van der Waals surface area contributed by atoms with Gasteiger partial charge in [-0.15, -0.1) is 6.58 Å². The van der Waals surface area contributed by atoms with Gasteiger partial charge in [-0.2, -0.15) is 0 Å². The molecular formula is C27H54N2O3. The highest BCUT2D eigenvalue weighted by atomic mass is 16.4. The van der Waals surface area contributed by atoms with Crippen molar-refractivity contribution in [2.45, 2.75) is 129 Å². The fourth-order valence-corrected chi connectivity index (χ4v) is 3.24. The first-order chi connectivity index (χ1) is 15.4. The van der Waals surface area contributed by atoms with E-state index in [1.54, 1.807) is 0 Å². The number of hydrogen-bond donors (Lipinski definition) is 3. The van der Waals surface area contributed by atoms with Crippen LogP contribution in [0.5, 0.6) is 0 Å². The molecule has 0 aliphatic carbocycles. The molecule has 0 aromatic heterocycles. The lowest BCUT2D eigenvalue weighted by Gasteiger charge is -2.03. The summed E-state index contributed by atoms with van der Waals surface area (Å²) in [5, 5.41) is 8.16. The van der Waals surface area contributed by atoms with Crippen LogP contribution < -0.4 is 11.5 Å². The maximum absolute atomic E-state index is 10.2. The van der Waals surface area contributed by atoms with E-state index in [9.17, 15) is 9.59 Å². The molecule has 0 aromatic rings. The van der Waals surface area contributed by atoms with Gasteiger partial charge in [-0.3, -0.25) is 4.79 Å². The number of hydrogen-bond acceptors (Lipinski definition) is 4. The third kappa shape index (κ3) is 42.5. The Kier molecular flexibility index (Phi) is 34.5. The lowest BCUT2D eigenvalue weighted by molar-refractivity contribution is -0.137. The molecule has 190 valence electrons. The largest absolute Gasteiger partial charge is 0.481 e. The Hall–Kier alpha value is -1.62. The predicted molar refractivity (Wildman–Crippen MR) is 140 cm³/mol. The molecule has 0 unspecified atom stereocenters. The Morgan fingerprint density at radius 1 is 0.688 bits per heavy atom. The van der Waals surface area contributed by atoms with Gasteiger partial charge in [0, 0.05) is 18.5 Å². The van der Waals surface area contributed by atoms with E-state index in [2.05, 4.69) is 25.8 Å². The summed E-state index contributed by atoms with van der Waals surface area (Å²) in [6, 6.07) is 0. The Morgan fingerprint density at radius 3 is 1.38 bits per heavy atom. The molecule has 0 heterocycles. The topological polar surface area (TPSA) is 106 Å². The Bertz CT molecular complexity index is 423. The van der Waals surface area contributed by atoms with E-state index >= 15 is 0 Å². The quantitative estimate of drug-likeness (QED) is 0.0958. The van der Waals surface area contributed by atoms with Crippen molar-refractivity contribution in [3.05, 3.63) is 24.4 Å². The van der Waals surface area contributed by atoms with Crippen LogP contribution in [0.15, 0.2) is 24.4 Å². The SMILES string of the molecule is C=C(C)CCCCCCCCCCCCCCCCC=O.C=C(N)CCCC(=O)O.CN. The second-order valence-corrected chi connectivity index (χ2v) is 8.52. The number of carboxylic acid groups (broad SMARTS) is 1. The number of nitrogens with two attached hydrogens (primary N) is 2. The Labute approximate surface area is 199 Å². The number of unbranched alkanes of at least 4 members (excludes halogenated alkanes) is 14. The number of aldehydes is 1. The number of aliphatic carboxylic acids is 1. The summed E-state index contributed by atoms with van der Waals surface area (Å²) in [6.45, 7) is 9.52. The van der Waals surface area contributed by atoms with Gasteiger partial charge in [-0.1, -0.05) is 89.2 Å². The minimum absolute atomic E-state index is 0.177. The van der Waals surface area contributed by atoms with Crippen LogP contribution in [0.4, 0.5) is 0 Å². The van der Waals surface area contributed by atoms with Crippen LogP contribution in [0.1, 0.15) is 129 Å². The third-order valence-electron chi connectivity index (χ3n) is 5.06. The maximum Gasteiger partial charge on any atom is 0.303 e. The minimum Gasteiger partial charge on any atom is -0.481 e. The molecule has 0 aliphatic heterocycles. The molecule has 32 heavy (non-hydrogen) atoms. The molecule has 0 radical (unpaired) electrons. The second kappa shape index (κ2) is 31.6. The van der Waals surface area contributed by atoms with Gasteiger partial charge in [0.2, 0.25) is 0 Å². The lowest BCUT2D eigenvalue weighted by Crippen LogP contribution is -1.98. The van der Waals surface area contributed by atoms with Gasteiger partial charge in [0.1, 0.15) is 6.29 Å². The van der Waals surface area contributed by atoms with Gasteiger partial charge < -0.3 is 21.4 Å². The summed E-state index contributed by atoms with van der Waals surface area (Å²) in [5.74, 6) is -0.781. The van der Waals surface area contributed by atoms with Crippen LogP contribution in [0, 0.1) is 0 Å². The molecule has 5 N–H and O–H groups in total. The molecule has 5 nitrogen and oxygen atoms in total. The molecule has 5 heteroatoms. The van der Waals surface area contributed by atoms with E-state index in [1.165, 1.54) is 103 Å². The maximum atomic E-state index is 10.2. The van der Waals surface area contributed by atoms with Crippen molar-refractivity contribution in [2.75, 3.05) is 7.05 Å². The average Bonchev–Trinajstić information content (AvgIpc) is 2.74. The van der Waals surface area contributed by atoms with Gasteiger partial charge in [0.25, 0.3) is 0 Å². The fourth-order valence-electron chi connectivity index (χ4n) is 3.24. The number of allylic oxidation sites excluding steroid dienone is 2. The van der Waals surface area contributed by atoms with Gasteiger partial charge in [-0.05, 0) is 46.1 Å². The fraction of sp³-hybridized carbons (Fsp3) is 0.778. The summed E-state index contributed by atoms with van der Waals surface area (Å²) in [5.41, 5.74) is 11.6. The smallest absolute Gasteiger partial charge is 0.303 e. The third-order valence-corrected chi connectivity index (χ3v) is 5.06. The van der Waals surface area contributed by atoms with E-state index in [0.29, 0.717) is 18.5 Å². The minimum atomic E-state index is -0.781. The Balaban J connectivity index is -0.000000638. The highest BCUT2D eigenvalue weighted by Crippen LogP contribution is 2.14. The van der Waals surface area contributed by atoms with Crippen LogP contribution in [-0.2, 0) is 9.59 Å². The molecule has 0 atom stereocenters. The van der Waals surface area contributed by atoms with Gasteiger partial charge in [-0.25, -0.2) is 0 Å². The molecule has 0 rings (SSSR count). The van der Waals surface area contributed by atoms with Crippen molar-refractivity contribution < 1.29 is 14.7 Å². The van der Waals surface area contributed by atoms with E-state index in [1.807, 2.05) is 0 Å². The molecule has 0 aromatic carbocycles. The molecule has 0 saturated carbocycles. The molecule has 0 amide bonds. The highest BCUT2D eigenvalue weighted by Gasteiger charge is 1.96. The lowest BCUT2D eigenvalue weighted by atomic mass is 10.0. The number of carbonyl (C=O) groups is 2. The summed E-state index contributed by atoms with van der Waals surface area (Å²) in [6.07, 6.45) is 23.5. The molecule has 0 aliphatic rings. The van der Waals surface area contributed by atoms with Crippen LogP contribution in [-0.4, -0.2) is 24.4 Å². The van der Waals surface area contributed by atoms with E-state index in [4.69, 9.17) is 10.8 Å². The standard InChI is InChI=1S/C20H38O.C6H11NO2.CH5N/c1-20(2)18-16-14-12-10-8-6-4-3-5-7-9-11-13-15-17-19-21;1-5(7)3-2-4-6(8)9;1-2/h19H,1,3-18H2,2H3;1-4,7H2,(H,8,9);2H2,1H3. The van der Waals surface area contributed by atoms with Crippen molar-refractivity contribution in [1.82, 2.24) is 0 Å². The van der Waals surface area contributed by atoms with Gasteiger partial charge in [0.05, 0.1) is 0 Å². The first-order valence-electron chi connectivity index (χ1n) is 12.7. The molecule has 0 fully saturated rings. The summed E-state index contributed by atoms with van der Waals surface area (Å²) < 4.78 is 0. The van der Waals surface area contributed by atoms with Crippen molar-refractivity contribution in [3.63, 3.8) is 0 Å². The zero-order chi connectivity index (χ0) is 24.9. The predicted octanol–water partition coefficient (Wildman–Crippen LogP) is 7.29. The van der Waals surface area contributed by atoms with Crippen molar-refractivity contribution in [1.29, 1.82) is 0 Å². The number of rotatable bonds is 21. The average molecular weight is 455 g/mol. The first-order valence-corrected chi connectivity index (χ1v) is 12.7. The first kappa shape index (κ1) is 35.0. The van der Waals surface area contributed by atoms with Crippen LogP contribution >= 0.6 is 0 Å². The van der Waals surface area contributed by atoms with Gasteiger partial charge in [0.15, 0.2) is 0 Å². The number of carboxylic acids is 1. The number of carbonyl (C=O) groups excluding carboxylic acids is 1. The molecule has 0 saturated heterocycles. The van der Waals surface area contributed by atoms with Crippen LogP contribution in [0.3, 0.4) is 0 Å². The normalized spacial score (nSPS) is 9.72.